The van der Waals surface area contributed by atoms with Gasteiger partial charge in [0.1, 0.15) is 6.61 Å². The molecule has 1 N–H and O–H groups in total. The summed E-state index contributed by atoms with van der Waals surface area (Å²) < 4.78 is 1.87. The third-order valence-electron chi connectivity index (χ3n) is 2.60. The van der Waals surface area contributed by atoms with Crippen molar-refractivity contribution in [3.63, 3.8) is 0 Å². The molecule has 0 saturated heterocycles. The van der Waals surface area contributed by atoms with Gasteiger partial charge in [-0.05, 0) is 32.0 Å². The molecule has 0 unspecified atom stereocenters. The predicted octanol–water partition coefficient (Wildman–Crippen LogP) is 3.33. The van der Waals surface area contributed by atoms with Crippen LogP contribution >= 0.6 is 23.2 Å². The second kappa shape index (κ2) is 5.26. The zero-order valence-electron chi connectivity index (χ0n) is 10.1. The predicted molar refractivity (Wildman–Crippen MR) is 71.8 cm³/mol. The van der Waals surface area contributed by atoms with Gasteiger partial charge in [-0.25, -0.2) is 0 Å². The van der Waals surface area contributed by atoms with Crippen molar-refractivity contribution < 1.29 is 5.11 Å². The monoisotopic (exact) mass is 285 g/mol. The molecule has 0 fully saturated rings. The second-order valence-electron chi connectivity index (χ2n) is 4.19. The van der Waals surface area contributed by atoms with Gasteiger partial charge in [-0.3, -0.25) is 0 Å². The molecule has 0 bridgehead atoms. The second-order valence-corrected chi connectivity index (χ2v) is 5.00. The molecule has 2 rings (SSSR count). The van der Waals surface area contributed by atoms with Gasteiger partial charge in [0.2, 0.25) is 0 Å². The molecule has 0 aliphatic rings. The average Bonchev–Trinajstić information content (AvgIpc) is 2.76. The SMILES string of the molecule is CC(C)n1c(CO)nnc1-c1ccc(Cl)c(Cl)c1. The summed E-state index contributed by atoms with van der Waals surface area (Å²) in [6.07, 6.45) is 0. The van der Waals surface area contributed by atoms with E-state index < -0.39 is 0 Å². The summed E-state index contributed by atoms with van der Waals surface area (Å²) in [4.78, 5) is 0. The highest BCUT2D eigenvalue weighted by molar-refractivity contribution is 6.42. The molecule has 0 aliphatic carbocycles. The van der Waals surface area contributed by atoms with Gasteiger partial charge >= 0.3 is 0 Å². The van der Waals surface area contributed by atoms with Crippen LogP contribution < -0.4 is 0 Å². The summed E-state index contributed by atoms with van der Waals surface area (Å²) in [6, 6.07) is 5.44. The van der Waals surface area contributed by atoms with E-state index in [1.807, 2.05) is 24.5 Å². The maximum Gasteiger partial charge on any atom is 0.164 e. The highest BCUT2D eigenvalue weighted by atomic mass is 35.5. The summed E-state index contributed by atoms with van der Waals surface area (Å²) in [5.41, 5.74) is 0.824. The van der Waals surface area contributed by atoms with Gasteiger partial charge in [-0.2, -0.15) is 0 Å². The third-order valence-corrected chi connectivity index (χ3v) is 3.34. The van der Waals surface area contributed by atoms with Crippen molar-refractivity contribution in [2.24, 2.45) is 0 Å². The minimum absolute atomic E-state index is 0.145. The lowest BCUT2D eigenvalue weighted by atomic mass is 10.2. The van der Waals surface area contributed by atoms with E-state index in [4.69, 9.17) is 23.2 Å². The fourth-order valence-corrected chi connectivity index (χ4v) is 2.10. The van der Waals surface area contributed by atoms with Crippen molar-refractivity contribution in [2.75, 3.05) is 0 Å². The van der Waals surface area contributed by atoms with Crippen molar-refractivity contribution in [3.05, 3.63) is 34.1 Å². The lowest BCUT2D eigenvalue weighted by Crippen LogP contribution is -2.08. The van der Waals surface area contributed by atoms with Crippen molar-refractivity contribution in [3.8, 4) is 11.4 Å². The Hall–Kier alpha value is -1.10. The number of nitrogens with zero attached hydrogens (tertiary/aromatic N) is 3. The van der Waals surface area contributed by atoms with Gasteiger partial charge in [-0.1, -0.05) is 23.2 Å². The fraction of sp³-hybridized carbons (Fsp3) is 0.333. The lowest BCUT2D eigenvalue weighted by Gasteiger charge is -2.13. The van der Waals surface area contributed by atoms with Gasteiger partial charge in [0, 0.05) is 11.6 Å². The number of benzene rings is 1. The van der Waals surface area contributed by atoms with Crippen LogP contribution in [0.2, 0.25) is 10.0 Å². The van der Waals surface area contributed by atoms with Crippen molar-refractivity contribution >= 4 is 23.2 Å². The number of halogens is 2. The number of rotatable bonds is 3. The molecule has 4 nitrogen and oxygen atoms in total. The Balaban J connectivity index is 2.56. The number of hydrogen-bond acceptors (Lipinski definition) is 3. The first kappa shape index (κ1) is 13.3. The van der Waals surface area contributed by atoms with Gasteiger partial charge in [0.15, 0.2) is 11.6 Å². The largest absolute Gasteiger partial charge is 0.388 e. The van der Waals surface area contributed by atoms with E-state index in [0.717, 1.165) is 5.56 Å². The molecule has 0 atom stereocenters. The van der Waals surface area contributed by atoms with E-state index in [0.29, 0.717) is 21.7 Å². The van der Waals surface area contributed by atoms with Crippen LogP contribution in [0.4, 0.5) is 0 Å². The van der Waals surface area contributed by atoms with E-state index in [-0.39, 0.29) is 12.6 Å². The summed E-state index contributed by atoms with van der Waals surface area (Å²) in [6.45, 7) is 3.86. The summed E-state index contributed by atoms with van der Waals surface area (Å²) in [7, 11) is 0. The van der Waals surface area contributed by atoms with Crippen LogP contribution in [0.25, 0.3) is 11.4 Å². The molecular weight excluding hydrogens is 273 g/mol. The Morgan fingerprint density at radius 3 is 2.50 bits per heavy atom. The Morgan fingerprint density at radius 2 is 1.94 bits per heavy atom. The van der Waals surface area contributed by atoms with Crippen molar-refractivity contribution in [1.29, 1.82) is 0 Å². The number of aromatic nitrogens is 3. The molecule has 18 heavy (non-hydrogen) atoms. The fourth-order valence-electron chi connectivity index (χ4n) is 1.81. The van der Waals surface area contributed by atoms with Gasteiger partial charge in [0.05, 0.1) is 10.0 Å². The molecule has 0 spiro atoms. The standard InChI is InChI=1S/C12H13Cl2N3O/c1-7(2)17-11(6-18)15-16-12(17)8-3-4-9(13)10(14)5-8/h3-5,7,18H,6H2,1-2H3. The summed E-state index contributed by atoms with van der Waals surface area (Å²) in [5, 5.41) is 18.3. The Kier molecular flexibility index (Phi) is 3.90. The van der Waals surface area contributed by atoms with Crippen LogP contribution in [0.3, 0.4) is 0 Å². The van der Waals surface area contributed by atoms with Crippen LogP contribution in [-0.4, -0.2) is 19.9 Å². The molecule has 0 radical (unpaired) electrons. The average molecular weight is 286 g/mol. The molecule has 96 valence electrons. The van der Waals surface area contributed by atoms with E-state index in [1.165, 1.54) is 0 Å². The number of hydrogen-bond donors (Lipinski definition) is 1. The molecule has 0 amide bonds. The van der Waals surface area contributed by atoms with Gasteiger partial charge < -0.3 is 9.67 Å². The topological polar surface area (TPSA) is 50.9 Å². The Labute approximate surface area is 115 Å². The minimum Gasteiger partial charge on any atom is -0.388 e. The summed E-state index contributed by atoms with van der Waals surface area (Å²) in [5.74, 6) is 1.21. The van der Waals surface area contributed by atoms with Gasteiger partial charge in [-0.15, -0.1) is 10.2 Å². The third kappa shape index (κ3) is 2.36. The van der Waals surface area contributed by atoms with Crippen LogP contribution in [0.5, 0.6) is 0 Å². The maximum absolute atomic E-state index is 9.26. The van der Waals surface area contributed by atoms with E-state index >= 15 is 0 Å². The minimum atomic E-state index is -0.146. The Bertz CT molecular complexity index is 566. The quantitative estimate of drug-likeness (QED) is 0.941. The molecule has 1 aromatic carbocycles. The smallest absolute Gasteiger partial charge is 0.164 e. The van der Waals surface area contributed by atoms with Crippen LogP contribution in [0.15, 0.2) is 18.2 Å². The van der Waals surface area contributed by atoms with Crippen molar-refractivity contribution in [1.82, 2.24) is 14.8 Å². The normalized spacial score (nSPS) is 11.2. The Morgan fingerprint density at radius 1 is 1.22 bits per heavy atom. The first-order valence-corrected chi connectivity index (χ1v) is 6.30. The van der Waals surface area contributed by atoms with Crippen molar-refractivity contribution in [2.45, 2.75) is 26.5 Å². The zero-order chi connectivity index (χ0) is 13.3. The summed E-state index contributed by atoms with van der Waals surface area (Å²) >= 11 is 11.9. The molecule has 6 heteroatoms. The molecular formula is C12H13Cl2N3O. The first-order valence-electron chi connectivity index (χ1n) is 5.54. The number of aliphatic hydroxyl groups is 1. The highest BCUT2D eigenvalue weighted by Gasteiger charge is 2.16. The van der Waals surface area contributed by atoms with Gasteiger partial charge in [0.25, 0.3) is 0 Å². The first-order chi connectivity index (χ1) is 8.54. The van der Waals surface area contributed by atoms with E-state index in [1.54, 1.807) is 12.1 Å². The number of aliphatic hydroxyl groups excluding tert-OH is 1. The molecule has 0 saturated carbocycles. The highest BCUT2D eigenvalue weighted by Crippen LogP contribution is 2.29. The van der Waals surface area contributed by atoms with E-state index in [9.17, 15) is 5.11 Å². The van der Waals surface area contributed by atoms with Crippen LogP contribution in [-0.2, 0) is 6.61 Å². The zero-order valence-corrected chi connectivity index (χ0v) is 11.6. The van der Waals surface area contributed by atoms with E-state index in [2.05, 4.69) is 10.2 Å². The molecule has 2 aromatic rings. The van der Waals surface area contributed by atoms with Crippen LogP contribution in [0.1, 0.15) is 25.7 Å². The molecule has 1 aromatic heterocycles. The van der Waals surface area contributed by atoms with Crippen LogP contribution in [0, 0.1) is 0 Å². The molecule has 1 heterocycles. The maximum atomic E-state index is 9.26. The molecule has 0 aliphatic heterocycles. The lowest BCUT2D eigenvalue weighted by molar-refractivity contribution is 0.262.